The van der Waals surface area contributed by atoms with Crippen LogP contribution in [0.25, 0.3) is 11.1 Å². The summed E-state index contributed by atoms with van der Waals surface area (Å²) >= 11 is 0. The van der Waals surface area contributed by atoms with E-state index in [0.717, 1.165) is 11.1 Å². The quantitative estimate of drug-likeness (QED) is 0.758. The minimum absolute atomic E-state index is 0.0537. The van der Waals surface area contributed by atoms with E-state index in [9.17, 15) is 22.8 Å². The number of amides is 2. The van der Waals surface area contributed by atoms with Gasteiger partial charge in [0.25, 0.3) is 0 Å². The summed E-state index contributed by atoms with van der Waals surface area (Å²) in [6.45, 7) is 0.677. The van der Waals surface area contributed by atoms with Crippen molar-refractivity contribution in [2.24, 2.45) is 0 Å². The average molecular weight is 463 g/mol. The zero-order chi connectivity index (χ0) is 23.6. The first-order chi connectivity index (χ1) is 15.7. The normalized spacial score (nSPS) is 19.2. The fourth-order valence-electron chi connectivity index (χ4n) is 4.06. The first kappa shape index (κ1) is 22.9. The number of methoxy groups -OCH3 is 1. The Bertz CT molecular complexity index is 1040. The van der Waals surface area contributed by atoms with Gasteiger partial charge in [-0.25, -0.2) is 0 Å². The molecule has 7 nitrogen and oxygen atoms in total. The number of rotatable bonds is 3. The minimum atomic E-state index is -4.55. The number of anilines is 1. The molecule has 0 radical (unpaired) electrons. The number of nitrogens with one attached hydrogen (secondary N) is 1. The van der Waals surface area contributed by atoms with Gasteiger partial charge in [0.05, 0.1) is 25.4 Å². The highest BCUT2D eigenvalue weighted by Gasteiger charge is 2.37. The lowest BCUT2D eigenvalue weighted by atomic mass is 10.0. The number of halogens is 3. The van der Waals surface area contributed by atoms with E-state index in [0.29, 0.717) is 17.2 Å². The molecule has 0 aromatic heterocycles. The molecule has 0 aliphatic carbocycles. The highest BCUT2D eigenvalue weighted by atomic mass is 19.4. The molecule has 1 N–H and O–H groups in total. The topological polar surface area (TPSA) is 71.1 Å². The molecular formula is C23H24F3N3O4. The summed E-state index contributed by atoms with van der Waals surface area (Å²) < 4.78 is 49.1. The molecule has 176 valence electrons. The summed E-state index contributed by atoms with van der Waals surface area (Å²) in [4.78, 5) is 27.8. The summed E-state index contributed by atoms with van der Waals surface area (Å²) in [5, 5.41) is 2.87. The van der Waals surface area contributed by atoms with Gasteiger partial charge in [-0.1, -0.05) is 18.2 Å². The summed E-state index contributed by atoms with van der Waals surface area (Å²) in [5.41, 5.74) is 2.27. The molecule has 4 rings (SSSR count). The second-order valence-electron chi connectivity index (χ2n) is 8.06. The van der Waals surface area contributed by atoms with Gasteiger partial charge in [-0.05, 0) is 35.4 Å². The van der Waals surface area contributed by atoms with Gasteiger partial charge in [0.15, 0.2) is 0 Å². The van der Waals surface area contributed by atoms with Crippen LogP contribution in [0.1, 0.15) is 6.42 Å². The van der Waals surface area contributed by atoms with Gasteiger partial charge >= 0.3 is 6.18 Å². The van der Waals surface area contributed by atoms with Crippen molar-refractivity contribution in [3.05, 3.63) is 42.5 Å². The van der Waals surface area contributed by atoms with Crippen molar-refractivity contribution in [3.8, 4) is 22.6 Å². The molecular weight excluding hydrogens is 439 g/mol. The Hall–Kier alpha value is -3.27. The van der Waals surface area contributed by atoms with Crippen molar-refractivity contribution >= 4 is 17.5 Å². The largest absolute Gasteiger partial charge is 0.497 e. The fraction of sp³-hybridized carbons (Fsp3) is 0.391. The third-order valence-corrected chi connectivity index (χ3v) is 5.74. The van der Waals surface area contributed by atoms with Crippen LogP contribution in [0.2, 0.25) is 0 Å². The summed E-state index contributed by atoms with van der Waals surface area (Å²) in [7, 11) is 1.59. The van der Waals surface area contributed by atoms with E-state index in [2.05, 4.69) is 5.32 Å². The Morgan fingerprint density at radius 3 is 2.73 bits per heavy atom. The molecule has 0 saturated carbocycles. The fourth-order valence-corrected chi connectivity index (χ4v) is 4.06. The minimum Gasteiger partial charge on any atom is -0.497 e. The third kappa shape index (κ3) is 5.57. The number of fused-ring (bicyclic) bond motifs is 2. The number of benzene rings is 2. The molecule has 2 aliphatic rings. The smallest absolute Gasteiger partial charge is 0.397 e. The van der Waals surface area contributed by atoms with Crippen LogP contribution in [0.4, 0.5) is 18.9 Å². The molecule has 0 spiro atoms. The highest BCUT2D eigenvalue weighted by molar-refractivity contribution is 5.94. The zero-order valence-electron chi connectivity index (χ0n) is 18.0. The molecule has 2 aliphatic heterocycles. The predicted molar refractivity (Wildman–Crippen MR) is 115 cm³/mol. The van der Waals surface area contributed by atoms with E-state index in [4.69, 9.17) is 9.47 Å². The molecule has 0 unspecified atom stereocenters. The van der Waals surface area contributed by atoms with Crippen LogP contribution in [0.3, 0.4) is 0 Å². The van der Waals surface area contributed by atoms with Gasteiger partial charge in [0, 0.05) is 19.6 Å². The summed E-state index contributed by atoms with van der Waals surface area (Å²) in [6.07, 6.45) is -6.04. The summed E-state index contributed by atoms with van der Waals surface area (Å²) in [6, 6.07) is 12.5. The molecule has 1 atom stereocenters. The Balaban J connectivity index is 1.53. The van der Waals surface area contributed by atoms with Crippen molar-refractivity contribution in [2.75, 3.05) is 45.2 Å². The Morgan fingerprint density at radius 1 is 1.18 bits per heavy atom. The maximum atomic E-state index is 12.7. The number of hydrogen-bond acceptors (Lipinski definition) is 5. The average Bonchev–Trinajstić information content (AvgIpc) is 2.83. The van der Waals surface area contributed by atoms with Crippen LogP contribution in [-0.4, -0.2) is 73.7 Å². The van der Waals surface area contributed by atoms with Crippen molar-refractivity contribution in [1.29, 1.82) is 0 Å². The summed E-state index contributed by atoms with van der Waals surface area (Å²) in [5.74, 6) is -0.0622. The molecule has 1 saturated heterocycles. The number of alkyl halides is 3. The Morgan fingerprint density at radius 2 is 1.97 bits per heavy atom. The molecule has 2 amide bonds. The molecule has 10 heteroatoms. The van der Waals surface area contributed by atoms with Crippen molar-refractivity contribution in [2.45, 2.75) is 18.6 Å². The number of nitrogens with zero attached hydrogens (tertiary/aromatic N) is 2. The van der Waals surface area contributed by atoms with Crippen molar-refractivity contribution < 1.29 is 32.2 Å². The van der Waals surface area contributed by atoms with E-state index in [-0.39, 0.29) is 38.7 Å². The number of carbonyl (C=O) groups excluding carboxylic acids is 2. The van der Waals surface area contributed by atoms with Gasteiger partial charge in [-0.2, -0.15) is 13.2 Å². The molecule has 33 heavy (non-hydrogen) atoms. The predicted octanol–water partition coefficient (Wildman–Crippen LogP) is 3.16. The monoisotopic (exact) mass is 463 g/mol. The Labute approximate surface area is 189 Å². The van der Waals surface area contributed by atoms with Gasteiger partial charge < -0.3 is 19.7 Å². The van der Waals surface area contributed by atoms with Crippen LogP contribution in [0, 0.1) is 0 Å². The van der Waals surface area contributed by atoms with Crippen LogP contribution in [-0.2, 0) is 9.59 Å². The maximum Gasteiger partial charge on any atom is 0.397 e. The van der Waals surface area contributed by atoms with E-state index in [1.807, 2.05) is 41.3 Å². The van der Waals surface area contributed by atoms with E-state index in [1.54, 1.807) is 13.2 Å². The highest BCUT2D eigenvalue weighted by Crippen LogP contribution is 2.33. The lowest BCUT2D eigenvalue weighted by molar-refractivity contribution is -0.163. The number of ether oxygens (including phenoxy) is 2. The van der Waals surface area contributed by atoms with Crippen LogP contribution in [0.15, 0.2) is 42.5 Å². The lowest BCUT2D eigenvalue weighted by Crippen LogP contribution is -2.58. The van der Waals surface area contributed by atoms with Gasteiger partial charge in [-0.15, -0.1) is 0 Å². The van der Waals surface area contributed by atoms with E-state index >= 15 is 0 Å². The SMILES string of the molecule is COc1cccc(-c2ccc3c(c2)NC(=O)CN2CCN(C(=O)CC(F)(F)F)C[C@@H]2CO3)c1. The van der Waals surface area contributed by atoms with Crippen LogP contribution in [0.5, 0.6) is 11.5 Å². The second-order valence-corrected chi connectivity index (χ2v) is 8.06. The number of hydrogen-bond donors (Lipinski definition) is 1. The van der Waals surface area contributed by atoms with Crippen LogP contribution < -0.4 is 14.8 Å². The third-order valence-electron chi connectivity index (χ3n) is 5.74. The Kier molecular flexibility index (Phi) is 6.46. The number of piperazine rings is 1. The molecule has 0 bridgehead atoms. The number of carbonyl (C=O) groups is 2. The van der Waals surface area contributed by atoms with Crippen molar-refractivity contribution in [1.82, 2.24) is 9.80 Å². The van der Waals surface area contributed by atoms with Crippen molar-refractivity contribution in [3.63, 3.8) is 0 Å². The molecule has 2 aromatic carbocycles. The molecule has 2 heterocycles. The molecule has 1 fully saturated rings. The molecule has 2 aromatic rings. The first-order valence-electron chi connectivity index (χ1n) is 10.5. The van der Waals surface area contributed by atoms with E-state index in [1.165, 1.54) is 4.90 Å². The first-order valence-corrected chi connectivity index (χ1v) is 10.5. The van der Waals surface area contributed by atoms with Gasteiger partial charge in [-0.3, -0.25) is 14.5 Å². The maximum absolute atomic E-state index is 12.7. The standard InChI is InChI=1S/C23H24F3N3O4/c1-32-18-4-2-3-15(9-18)16-5-6-20-19(10-16)27-21(30)13-28-7-8-29(12-17(28)14-33-20)22(31)11-23(24,25)26/h2-6,9-10,17H,7-8,11-14H2,1H3,(H,27,30)/t17-/m1/s1. The van der Waals surface area contributed by atoms with E-state index < -0.39 is 24.5 Å². The van der Waals surface area contributed by atoms with Crippen LogP contribution >= 0.6 is 0 Å². The van der Waals surface area contributed by atoms with Gasteiger partial charge in [0.1, 0.15) is 24.5 Å². The second kappa shape index (κ2) is 9.30. The zero-order valence-corrected chi connectivity index (χ0v) is 18.0. The lowest BCUT2D eigenvalue weighted by Gasteiger charge is -2.40. The van der Waals surface area contributed by atoms with Gasteiger partial charge in [0.2, 0.25) is 11.8 Å².